The Kier molecular flexibility index (Phi) is 5.85. The second-order valence-electron chi connectivity index (χ2n) is 6.20. The zero-order chi connectivity index (χ0) is 19.3. The van der Waals surface area contributed by atoms with Gasteiger partial charge in [0.05, 0.1) is 24.1 Å². The molecule has 1 aliphatic carbocycles. The van der Waals surface area contributed by atoms with E-state index in [1.54, 1.807) is 12.3 Å². The number of rotatable bonds is 8. The number of hydrogen-bond acceptors (Lipinski definition) is 7. The Hall–Kier alpha value is -2.74. The van der Waals surface area contributed by atoms with Crippen molar-refractivity contribution in [1.82, 2.24) is 4.98 Å². The average Bonchev–Trinajstić information content (AvgIpc) is 3.37. The molecule has 3 rings (SSSR count). The van der Waals surface area contributed by atoms with E-state index in [1.165, 1.54) is 11.3 Å². The summed E-state index contributed by atoms with van der Waals surface area (Å²) in [5.74, 6) is -1.22. The first kappa shape index (κ1) is 19.0. The van der Waals surface area contributed by atoms with Crippen LogP contribution in [0.25, 0.3) is 0 Å². The Morgan fingerprint density at radius 3 is 2.59 bits per heavy atom. The molecular formula is C19H20N2O5S. The maximum Gasteiger partial charge on any atom is 0.317 e. The van der Waals surface area contributed by atoms with E-state index < -0.39 is 11.3 Å². The van der Waals surface area contributed by atoms with E-state index in [9.17, 15) is 14.4 Å². The summed E-state index contributed by atoms with van der Waals surface area (Å²) in [7, 11) is 0. The molecule has 27 heavy (non-hydrogen) atoms. The lowest BCUT2D eigenvalue weighted by molar-refractivity contribution is -0.150. The van der Waals surface area contributed by atoms with Gasteiger partial charge in [0, 0.05) is 5.38 Å². The van der Waals surface area contributed by atoms with Gasteiger partial charge in [0.1, 0.15) is 0 Å². The van der Waals surface area contributed by atoms with Crippen LogP contribution in [-0.2, 0) is 35.7 Å². The molecule has 1 heterocycles. The van der Waals surface area contributed by atoms with Crippen LogP contribution in [0, 0.1) is 0 Å². The van der Waals surface area contributed by atoms with Gasteiger partial charge in [-0.2, -0.15) is 0 Å². The van der Waals surface area contributed by atoms with Gasteiger partial charge in [0.15, 0.2) is 11.7 Å². The quantitative estimate of drug-likeness (QED) is 0.698. The number of nitrogens with zero attached hydrogens (tertiary/aromatic N) is 1. The summed E-state index contributed by atoms with van der Waals surface area (Å²) < 4.78 is 10.1. The third kappa shape index (κ3) is 4.71. The van der Waals surface area contributed by atoms with Crippen molar-refractivity contribution in [2.45, 2.75) is 31.6 Å². The van der Waals surface area contributed by atoms with Gasteiger partial charge in [-0.15, -0.1) is 11.3 Å². The highest BCUT2D eigenvalue weighted by Crippen LogP contribution is 2.49. The van der Waals surface area contributed by atoms with Gasteiger partial charge in [-0.05, 0) is 25.3 Å². The minimum atomic E-state index is -0.616. The van der Waals surface area contributed by atoms with Gasteiger partial charge >= 0.3 is 11.9 Å². The van der Waals surface area contributed by atoms with E-state index in [-0.39, 0.29) is 25.0 Å². The Morgan fingerprint density at radius 1 is 1.19 bits per heavy atom. The number of aromatic nitrogens is 1. The smallest absolute Gasteiger partial charge is 0.317 e. The fourth-order valence-electron chi connectivity index (χ4n) is 2.72. The Labute approximate surface area is 160 Å². The second kappa shape index (κ2) is 8.30. The summed E-state index contributed by atoms with van der Waals surface area (Å²) in [4.78, 5) is 40.0. The topological polar surface area (TPSA) is 94.6 Å². The molecule has 8 heteroatoms. The van der Waals surface area contributed by atoms with Gasteiger partial charge in [0.25, 0.3) is 5.91 Å². The molecule has 0 spiro atoms. The van der Waals surface area contributed by atoms with Gasteiger partial charge < -0.3 is 9.47 Å². The van der Waals surface area contributed by atoms with Crippen molar-refractivity contribution in [1.29, 1.82) is 0 Å². The molecule has 1 amide bonds. The first-order valence-corrected chi connectivity index (χ1v) is 9.54. The summed E-state index contributed by atoms with van der Waals surface area (Å²) in [6.07, 6.45) is 1.50. The summed E-state index contributed by atoms with van der Waals surface area (Å²) in [6, 6.07) is 9.45. The minimum Gasteiger partial charge on any atom is -0.466 e. The van der Waals surface area contributed by atoms with E-state index in [2.05, 4.69) is 10.3 Å². The molecule has 1 N–H and O–H groups in total. The molecule has 1 aromatic carbocycles. The van der Waals surface area contributed by atoms with Crippen LogP contribution in [0.1, 0.15) is 31.0 Å². The average molecular weight is 388 g/mol. The van der Waals surface area contributed by atoms with Crippen LogP contribution in [0.2, 0.25) is 0 Å². The number of anilines is 1. The van der Waals surface area contributed by atoms with Gasteiger partial charge in [-0.25, -0.2) is 4.98 Å². The summed E-state index contributed by atoms with van der Waals surface area (Å²) in [5, 5.41) is 4.59. The van der Waals surface area contributed by atoms with E-state index >= 15 is 0 Å². The van der Waals surface area contributed by atoms with Crippen LogP contribution in [0.5, 0.6) is 0 Å². The van der Waals surface area contributed by atoms with E-state index in [0.29, 0.717) is 17.4 Å². The van der Waals surface area contributed by atoms with Crippen molar-refractivity contribution in [3.63, 3.8) is 0 Å². The van der Waals surface area contributed by atoms with Gasteiger partial charge in [-0.1, -0.05) is 30.3 Å². The molecule has 0 saturated heterocycles. The van der Waals surface area contributed by atoms with Gasteiger partial charge in [0.2, 0.25) is 0 Å². The molecule has 0 radical (unpaired) electrons. The molecule has 0 bridgehead atoms. The largest absolute Gasteiger partial charge is 0.466 e. The molecule has 2 aromatic rings. The number of amides is 1. The van der Waals surface area contributed by atoms with Crippen LogP contribution in [0.4, 0.5) is 5.13 Å². The fraction of sp³-hybridized carbons (Fsp3) is 0.368. The molecule has 0 aliphatic heterocycles. The minimum absolute atomic E-state index is 0.0504. The van der Waals surface area contributed by atoms with Crippen LogP contribution in [0.3, 0.4) is 0 Å². The number of esters is 2. The predicted molar refractivity (Wildman–Crippen MR) is 99.4 cm³/mol. The number of carbonyl (C=O) groups excluding carboxylic acids is 3. The molecule has 0 unspecified atom stereocenters. The second-order valence-corrected chi connectivity index (χ2v) is 7.06. The summed E-state index contributed by atoms with van der Waals surface area (Å²) >= 11 is 1.20. The Bertz CT molecular complexity index is 830. The molecule has 0 atom stereocenters. The normalized spacial score (nSPS) is 14.3. The van der Waals surface area contributed by atoms with Crippen LogP contribution in [-0.4, -0.2) is 36.0 Å². The third-order valence-electron chi connectivity index (χ3n) is 4.23. The lowest BCUT2D eigenvalue weighted by Gasteiger charge is -2.14. The maximum absolute atomic E-state index is 12.4. The fourth-order valence-corrected chi connectivity index (χ4v) is 3.45. The SMILES string of the molecule is CCOC(=O)Cc1csc(NC(=O)COC(=O)C2(c3ccccc3)CC2)n1. The first-order chi connectivity index (χ1) is 13.0. The molecule has 1 aliphatic rings. The molecule has 7 nitrogen and oxygen atoms in total. The molecule has 1 saturated carbocycles. The summed E-state index contributed by atoms with van der Waals surface area (Å²) in [6.45, 7) is 1.66. The monoisotopic (exact) mass is 388 g/mol. The Morgan fingerprint density at radius 2 is 1.93 bits per heavy atom. The summed E-state index contributed by atoms with van der Waals surface area (Å²) in [5.41, 5.74) is 0.820. The standard InChI is InChI=1S/C19H20N2O5S/c1-2-25-16(23)10-14-12-27-18(20-14)21-15(22)11-26-17(24)19(8-9-19)13-6-4-3-5-7-13/h3-7,12H,2,8-11H2,1H3,(H,20,21,22). The van der Waals surface area contributed by atoms with Crippen molar-refractivity contribution in [2.24, 2.45) is 0 Å². The maximum atomic E-state index is 12.4. The van der Waals surface area contributed by atoms with Crippen LogP contribution >= 0.6 is 11.3 Å². The van der Waals surface area contributed by atoms with Crippen molar-refractivity contribution in [2.75, 3.05) is 18.5 Å². The lowest BCUT2D eigenvalue weighted by atomic mass is 9.96. The first-order valence-electron chi connectivity index (χ1n) is 8.66. The van der Waals surface area contributed by atoms with E-state index in [4.69, 9.17) is 9.47 Å². The number of nitrogens with one attached hydrogen (secondary N) is 1. The van der Waals surface area contributed by atoms with Crippen molar-refractivity contribution >= 4 is 34.3 Å². The molecule has 1 aromatic heterocycles. The molecule has 142 valence electrons. The van der Waals surface area contributed by atoms with Crippen molar-refractivity contribution in [3.8, 4) is 0 Å². The lowest BCUT2D eigenvalue weighted by Crippen LogP contribution is -2.28. The third-order valence-corrected chi connectivity index (χ3v) is 5.04. The zero-order valence-electron chi connectivity index (χ0n) is 14.9. The van der Waals surface area contributed by atoms with Crippen molar-refractivity contribution in [3.05, 3.63) is 47.0 Å². The van der Waals surface area contributed by atoms with Crippen LogP contribution in [0.15, 0.2) is 35.7 Å². The number of carbonyl (C=O) groups is 3. The molecular weight excluding hydrogens is 368 g/mol. The highest BCUT2D eigenvalue weighted by Gasteiger charge is 2.52. The number of thiazole rings is 1. The zero-order valence-corrected chi connectivity index (χ0v) is 15.7. The van der Waals surface area contributed by atoms with E-state index in [0.717, 1.165) is 18.4 Å². The molecule has 1 fully saturated rings. The number of benzene rings is 1. The highest BCUT2D eigenvalue weighted by atomic mass is 32.1. The Balaban J connectivity index is 1.48. The van der Waals surface area contributed by atoms with E-state index in [1.807, 2.05) is 30.3 Å². The van der Waals surface area contributed by atoms with Crippen molar-refractivity contribution < 1.29 is 23.9 Å². The van der Waals surface area contributed by atoms with Gasteiger partial charge in [-0.3, -0.25) is 19.7 Å². The number of ether oxygens (including phenoxy) is 2. The number of hydrogen-bond donors (Lipinski definition) is 1. The van der Waals surface area contributed by atoms with Crippen LogP contribution < -0.4 is 5.32 Å². The predicted octanol–water partition coefficient (Wildman–Crippen LogP) is 2.46. The highest BCUT2D eigenvalue weighted by molar-refractivity contribution is 7.13.